The van der Waals surface area contributed by atoms with Crippen LogP contribution in [0.15, 0.2) is 0 Å². The third-order valence-corrected chi connectivity index (χ3v) is 5.10. The van der Waals surface area contributed by atoms with Crippen molar-refractivity contribution in [2.45, 2.75) is 36.6 Å². The maximum absolute atomic E-state index is 11.1. The molecular weight excluding hydrogens is 484 g/mol. The summed E-state index contributed by atoms with van der Waals surface area (Å²) in [6, 6.07) is 0. The predicted molar refractivity (Wildman–Crippen MR) is 79.7 cm³/mol. The Morgan fingerprint density at radius 3 is 0.786 bits per heavy atom. The van der Waals surface area contributed by atoms with Gasteiger partial charge < -0.3 is 49.4 Å². The van der Waals surface area contributed by atoms with Crippen molar-refractivity contribution in [2.75, 3.05) is 0 Å². The van der Waals surface area contributed by atoms with Gasteiger partial charge in [-0.3, -0.25) is 18.1 Å². The van der Waals surface area contributed by atoms with Gasteiger partial charge >= 0.3 is 31.3 Å². The molecule has 0 amide bonds. The molecule has 0 aliphatic heterocycles. The van der Waals surface area contributed by atoms with Crippen molar-refractivity contribution in [1.29, 1.82) is 0 Å². The van der Waals surface area contributed by atoms with E-state index in [0.29, 0.717) is 0 Å². The molecule has 1 rings (SSSR count). The number of phosphoric acid groups is 4. The number of hydrogen-bond acceptors (Lipinski definition) is 10. The van der Waals surface area contributed by atoms with E-state index in [-0.39, 0.29) is 0 Å². The molecule has 1 aliphatic carbocycles. The number of aliphatic hydroxyl groups is 2. The van der Waals surface area contributed by atoms with E-state index in [1.54, 1.807) is 0 Å². The molecule has 1 saturated carbocycles. The predicted octanol–water partition coefficient (Wildman–Crippen LogP) is -3.37. The van der Waals surface area contributed by atoms with Crippen molar-refractivity contribution in [2.24, 2.45) is 0 Å². The third kappa shape index (κ3) is 8.62. The van der Waals surface area contributed by atoms with Crippen LogP contribution in [0.1, 0.15) is 0 Å². The Kier molecular flexibility index (Phi) is 8.34. The van der Waals surface area contributed by atoms with Gasteiger partial charge in [-0.15, -0.1) is 0 Å². The van der Waals surface area contributed by atoms with Crippen molar-refractivity contribution in [3.63, 3.8) is 0 Å². The quantitative estimate of drug-likeness (QED) is 0.145. The molecule has 1 fully saturated rings. The first-order valence-electron chi connectivity index (χ1n) is 6.52. The van der Waals surface area contributed by atoms with E-state index in [4.69, 9.17) is 39.1 Å². The summed E-state index contributed by atoms with van der Waals surface area (Å²) in [4.78, 5) is 71.1. The van der Waals surface area contributed by atoms with Gasteiger partial charge in [-0.05, 0) is 0 Å². The Balaban J connectivity index is 3.53. The minimum Gasteiger partial charge on any atom is -0.387 e. The molecule has 0 aromatic heterocycles. The molecule has 0 aromatic rings. The molecule has 0 saturated heterocycles. The maximum Gasteiger partial charge on any atom is 0.470 e. The van der Waals surface area contributed by atoms with E-state index in [1.807, 2.05) is 0 Å². The SMILES string of the molecule is O=P(O)(O)O[C@H]1[C@H](OP(=O)(O)O)[C@@H](OP(=O)(O)O)[C@@H](O)[C@H](O)[C@@H]1OP(=O)(O)O. The zero-order valence-corrected chi connectivity index (χ0v) is 16.6. The first-order chi connectivity index (χ1) is 12.2. The Morgan fingerprint density at radius 1 is 0.429 bits per heavy atom. The van der Waals surface area contributed by atoms with Crippen LogP contribution >= 0.6 is 31.3 Å². The van der Waals surface area contributed by atoms with Crippen LogP contribution in [0.4, 0.5) is 0 Å². The highest BCUT2D eigenvalue weighted by Crippen LogP contribution is 2.52. The fraction of sp³-hybridized carbons (Fsp3) is 1.00. The van der Waals surface area contributed by atoms with Crippen molar-refractivity contribution < 1.29 is 85.7 Å². The normalized spacial score (nSPS) is 33.1. The second kappa shape index (κ2) is 8.85. The standard InChI is InChI=1S/C6H16O18P4/c7-1-2(8)4(22-26(12,13)14)6(24-28(18,19)20)5(23-27(15,16)17)3(1)21-25(9,10)11/h1-8H,(H2,9,10,11)(H2,12,13,14)(H2,15,16,17)(H2,18,19,20)/t1-,2-,3-,4-,5+,6+/m0/s1. The zero-order chi connectivity index (χ0) is 22.3. The van der Waals surface area contributed by atoms with E-state index in [2.05, 4.69) is 18.1 Å². The molecule has 168 valence electrons. The summed E-state index contributed by atoms with van der Waals surface area (Å²) in [5.41, 5.74) is 0. The molecule has 28 heavy (non-hydrogen) atoms. The lowest BCUT2D eigenvalue weighted by Crippen LogP contribution is -2.65. The second-order valence-corrected chi connectivity index (χ2v) is 9.99. The van der Waals surface area contributed by atoms with Crippen molar-refractivity contribution in [1.82, 2.24) is 0 Å². The number of aliphatic hydroxyl groups excluding tert-OH is 2. The van der Waals surface area contributed by atoms with Crippen LogP contribution in [0.3, 0.4) is 0 Å². The second-order valence-electron chi connectivity index (χ2n) is 5.22. The lowest BCUT2D eigenvalue weighted by molar-refractivity contribution is -0.209. The Hall–Kier alpha value is 0.360. The highest BCUT2D eigenvalue weighted by atomic mass is 31.2. The molecule has 0 bridgehead atoms. The van der Waals surface area contributed by atoms with Crippen molar-refractivity contribution in [3.8, 4) is 0 Å². The van der Waals surface area contributed by atoms with Crippen LogP contribution < -0.4 is 0 Å². The van der Waals surface area contributed by atoms with Gasteiger partial charge in [-0.25, -0.2) is 18.3 Å². The molecule has 0 radical (unpaired) electrons. The minimum atomic E-state index is -5.67. The maximum atomic E-state index is 11.1. The summed E-state index contributed by atoms with van der Waals surface area (Å²) >= 11 is 0. The fourth-order valence-corrected chi connectivity index (χ4v) is 4.51. The molecule has 6 atom stereocenters. The molecule has 18 nitrogen and oxygen atoms in total. The van der Waals surface area contributed by atoms with Gasteiger partial charge in [0, 0.05) is 0 Å². The first-order valence-corrected chi connectivity index (χ1v) is 12.6. The zero-order valence-electron chi connectivity index (χ0n) is 13.0. The topological polar surface area (TPSA) is 308 Å². The summed E-state index contributed by atoms with van der Waals surface area (Å²) in [7, 11) is -22.5. The van der Waals surface area contributed by atoms with Crippen LogP contribution in [-0.4, -0.2) is 86.0 Å². The molecule has 0 spiro atoms. The Morgan fingerprint density at radius 2 is 0.607 bits per heavy atom. The molecule has 10 N–H and O–H groups in total. The summed E-state index contributed by atoms with van der Waals surface area (Å²) in [5.74, 6) is 0. The lowest BCUT2D eigenvalue weighted by atomic mass is 9.85. The highest BCUT2D eigenvalue weighted by Gasteiger charge is 2.58. The van der Waals surface area contributed by atoms with Crippen molar-refractivity contribution >= 4 is 31.3 Å². The first kappa shape index (κ1) is 26.4. The van der Waals surface area contributed by atoms with Gasteiger partial charge in [0.25, 0.3) is 0 Å². The third-order valence-electron chi connectivity index (χ3n) is 3.03. The van der Waals surface area contributed by atoms with Gasteiger partial charge in [0.2, 0.25) is 0 Å². The smallest absolute Gasteiger partial charge is 0.387 e. The van der Waals surface area contributed by atoms with Gasteiger partial charge in [-0.1, -0.05) is 0 Å². The average molecular weight is 500 g/mol. The van der Waals surface area contributed by atoms with E-state index in [0.717, 1.165) is 0 Å². The number of hydrogen-bond donors (Lipinski definition) is 10. The van der Waals surface area contributed by atoms with E-state index in [1.165, 1.54) is 0 Å². The monoisotopic (exact) mass is 500 g/mol. The van der Waals surface area contributed by atoms with Crippen LogP contribution in [0.25, 0.3) is 0 Å². The number of phosphoric ester groups is 4. The summed E-state index contributed by atoms with van der Waals surface area (Å²) in [6.07, 6.45) is -15.9. The summed E-state index contributed by atoms with van der Waals surface area (Å²) in [6.45, 7) is 0. The molecule has 22 heteroatoms. The van der Waals surface area contributed by atoms with E-state index in [9.17, 15) is 28.5 Å². The Labute approximate surface area is 154 Å². The van der Waals surface area contributed by atoms with Crippen LogP contribution in [0.5, 0.6) is 0 Å². The van der Waals surface area contributed by atoms with Gasteiger partial charge in [0.15, 0.2) is 0 Å². The molecular formula is C6H16O18P4. The lowest BCUT2D eigenvalue weighted by Gasteiger charge is -2.45. The molecule has 0 unspecified atom stereocenters. The number of rotatable bonds is 8. The van der Waals surface area contributed by atoms with Crippen LogP contribution in [0.2, 0.25) is 0 Å². The Bertz CT molecular complexity index is 664. The largest absolute Gasteiger partial charge is 0.470 e. The van der Waals surface area contributed by atoms with Gasteiger partial charge in [0.05, 0.1) is 0 Å². The van der Waals surface area contributed by atoms with Gasteiger partial charge in [-0.2, -0.15) is 0 Å². The van der Waals surface area contributed by atoms with Gasteiger partial charge in [0.1, 0.15) is 36.6 Å². The summed E-state index contributed by atoms with van der Waals surface area (Å²) < 4.78 is 60.6. The highest BCUT2D eigenvalue weighted by molar-refractivity contribution is 7.47. The van der Waals surface area contributed by atoms with E-state index < -0.39 is 67.9 Å². The minimum absolute atomic E-state index is 2.60. The molecule has 1 aliphatic rings. The molecule has 0 heterocycles. The summed E-state index contributed by atoms with van der Waals surface area (Å²) in [5, 5.41) is 19.8. The van der Waals surface area contributed by atoms with Crippen LogP contribution in [0, 0.1) is 0 Å². The average Bonchev–Trinajstić information content (AvgIpc) is 2.39. The van der Waals surface area contributed by atoms with Crippen molar-refractivity contribution in [3.05, 3.63) is 0 Å². The fourth-order valence-electron chi connectivity index (χ4n) is 2.27. The molecule has 0 aromatic carbocycles. The van der Waals surface area contributed by atoms with E-state index >= 15 is 0 Å². The van der Waals surface area contributed by atoms with Crippen LogP contribution in [-0.2, 0) is 36.4 Å².